The Bertz CT molecular complexity index is 777. The molecule has 0 amide bonds. The first kappa shape index (κ1) is 19.3. The Kier molecular flexibility index (Phi) is 5.92. The standard InChI is InChI=1S/C21H32N6O/c1-4-19(21-22-23-24-27(21)15-18-8-6-14-28-18)25-10-12-26(13-11-25)20-9-5-7-16(2)17(20)3/h5,7,9,18-19H,4,6,8,10-15H2,1-3H3/p+1/t18-,19+/m0/s1. The molecule has 28 heavy (non-hydrogen) atoms. The van der Waals surface area contributed by atoms with Crippen LogP contribution in [0, 0.1) is 13.8 Å². The van der Waals surface area contributed by atoms with Gasteiger partial charge in [-0.1, -0.05) is 19.1 Å². The molecule has 7 heteroatoms. The highest BCUT2D eigenvalue weighted by molar-refractivity contribution is 5.56. The second-order valence-electron chi connectivity index (χ2n) is 8.18. The molecule has 3 heterocycles. The van der Waals surface area contributed by atoms with Gasteiger partial charge in [0, 0.05) is 18.7 Å². The fraction of sp³-hybridized carbons (Fsp3) is 0.667. The molecular weight excluding hydrogens is 352 g/mol. The van der Waals surface area contributed by atoms with Gasteiger partial charge in [-0.2, -0.15) is 0 Å². The topological polar surface area (TPSA) is 60.5 Å². The molecule has 1 N–H and O–H groups in total. The molecule has 0 spiro atoms. The number of piperazine rings is 1. The molecule has 2 saturated heterocycles. The molecule has 4 rings (SSSR count). The van der Waals surface area contributed by atoms with Crippen LogP contribution < -0.4 is 9.80 Å². The fourth-order valence-corrected chi connectivity index (χ4v) is 4.69. The summed E-state index contributed by atoms with van der Waals surface area (Å²) in [5.41, 5.74) is 4.15. The Labute approximate surface area is 167 Å². The van der Waals surface area contributed by atoms with Gasteiger partial charge < -0.3 is 14.5 Å². The van der Waals surface area contributed by atoms with Gasteiger partial charge in [0.05, 0.1) is 38.8 Å². The molecule has 2 aromatic rings. The van der Waals surface area contributed by atoms with Crippen LogP contribution in [0.25, 0.3) is 0 Å². The van der Waals surface area contributed by atoms with Gasteiger partial charge in [-0.3, -0.25) is 0 Å². The summed E-state index contributed by atoms with van der Waals surface area (Å²) < 4.78 is 7.79. The molecule has 0 saturated carbocycles. The van der Waals surface area contributed by atoms with Crippen molar-refractivity contribution in [1.82, 2.24) is 20.2 Å². The lowest BCUT2D eigenvalue weighted by Crippen LogP contribution is -3.15. The van der Waals surface area contributed by atoms with Gasteiger partial charge in [-0.25, -0.2) is 4.68 Å². The number of hydrogen-bond acceptors (Lipinski definition) is 5. The van der Waals surface area contributed by atoms with Crippen molar-refractivity contribution >= 4 is 5.69 Å². The van der Waals surface area contributed by atoms with Gasteiger partial charge in [0.25, 0.3) is 0 Å². The number of hydrogen-bond donors (Lipinski definition) is 1. The first-order valence-corrected chi connectivity index (χ1v) is 10.7. The summed E-state index contributed by atoms with van der Waals surface area (Å²) in [5, 5.41) is 12.7. The fourth-order valence-electron chi connectivity index (χ4n) is 4.69. The van der Waals surface area contributed by atoms with Crippen LogP contribution in [-0.4, -0.2) is 59.1 Å². The first-order chi connectivity index (χ1) is 13.7. The number of tetrazole rings is 1. The minimum Gasteiger partial charge on any atom is -0.376 e. The molecule has 2 atom stereocenters. The van der Waals surface area contributed by atoms with E-state index in [4.69, 9.17) is 4.74 Å². The predicted molar refractivity (Wildman–Crippen MR) is 109 cm³/mol. The minimum atomic E-state index is 0.260. The molecule has 2 aliphatic heterocycles. The Morgan fingerprint density at radius 1 is 1.25 bits per heavy atom. The normalized spacial score (nSPS) is 22.0. The number of quaternary nitrogens is 1. The van der Waals surface area contributed by atoms with Crippen molar-refractivity contribution in [3.05, 3.63) is 35.2 Å². The highest BCUT2D eigenvalue weighted by Gasteiger charge is 2.32. The smallest absolute Gasteiger partial charge is 0.209 e. The zero-order chi connectivity index (χ0) is 19.5. The molecule has 152 valence electrons. The zero-order valence-electron chi connectivity index (χ0n) is 17.4. The maximum Gasteiger partial charge on any atom is 0.209 e. The van der Waals surface area contributed by atoms with Gasteiger partial charge in [-0.05, 0) is 54.3 Å². The van der Waals surface area contributed by atoms with E-state index in [0.717, 1.165) is 64.4 Å². The number of aryl methyl sites for hydroxylation is 1. The number of aromatic nitrogens is 4. The Hall–Kier alpha value is -1.99. The molecule has 0 aliphatic carbocycles. The molecule has 2 aliphatic rings. The molecule has 1 aromatic carbocycles. The molecule has 2 fully saturated rings. The third-order valence-electron chi connectivity index (χ3n) is 6.50. The minimum absolute atomic E-state index is 0.260. The summed E-state index contributed by atoms with van der Waals surface area (Å²) in [6.45, 7) is 12.7. The zero-order valence-corrected chi connectivity index (χ0v) is 17.4. The van der Waals surface area contributed by atoms with E-state index < -0.39 is 0 Å². The predicted octanol–water partition coefficient (Wildman–Crippen LogP) is 1.33. The lowest BCUT2D eigenvalue weighted by Gasteiger charge is -2.37. The van der Waals surface area contributed by atoms with Gasteiger partial charge >= 0.3 is 0 Å². The summed E-state index contributed by atoms with van der Waals surface area (Å²) >= 11 is 0. The summed E-state index contributed by atoms with van der Waals surface area (Å²) in [4.78, 5) is 4.13. The van der Waals surface area contributed by atoms with E-state index in [1.165, 1.54) is 16.8 Å². The van der Waals surface area contributed by atoms with E-state index in [9.17, 15) is 0 Å². The van der Waals surface area contributed by atoms with Crippen molar-refractivity contribution in [1.29, 1.82) is 0 Å². The Morgan fingerprint density at radius 2 is 2.07 bits per heavy atom. The van der Waals surface area contributed by atoms with Crippen molar-refractivity contribution < 1.29 is 9.64 Å². The Morgan fingerprint density at radius 3 is 2.79 bits per heavy atom. The van der Waals surface area contributed by atoms with Crippen LogP contribution >= 0.6 is 0 Å². The van der Waals surface area contributed by atoms with Crippen LogP contribution in [-0.2, 0) is 11.3 Å². The van der Waals surface area contributed by atoms with Crippen molar-refractivity contribution in [2.24, 2.45) is 0 Å². The van der Waals surface area contributed by atoms with Crippen molar-refractivity contribution in [2.45, 2.75) is 58.7 Å². The number of rotatable bonds is 6. The third-order valence-corrected chi connectivity index (χ3v) is 6.50. The monoisotopic (exact) mass is 385 g/mol. The molecule has 0 unspecified atom stereocenters. The number of nitrogens with zero attached hydrogens (tertiary/aromatic N) is 5. The van der Waals surface area contributed by atoms with Crippen LogP contribution in [0.15, 0.2) is 18.2 Å². The van der Waals surface area contributed by atoms with E-state index in [1.54, 1.807) is 4.90 Å². The van der Waals surface area contributed by atoms with E-state index >= 15 is 0 Å². The van der Waals surface area contributed by atoms with Crippen LogP contribution in [0.2, 0.25) is 0 Å². The van der Waals surface area contributed by atoms with Crippen LogP contribution in [0.4, 0.5) is 5.69 Å². The maximum atomic E-state index is 5.79. The third kappa shape index (κ3) is 3.91. The average molecular weight is 386 g/mol. The van der Waals surface area contributed by atoms with Crippen molar-refractivity contribution in [3.8, 4) is 0 Å². The Balaban J connectivity index is 1.43. The number of ether oxygens (including phenoxy) is 1. The maximum absolute atomic E-state index is 5.79. The molecule has 7 nitrogen and oxygen atoms in total. The molecular formula is C21H33N6O+. The van der Waals surface area contributed by atoms with Crippen molar-refractivity contribution in [3.63, 3.8) is 0 Å². The second kappa shape index (κ2) is 8.57. The van der Waals surface area contributed by atoms with Crippen LogP contribution in [0.3, 0.4) is 0 Å². The van der Waals surface area contributed by atoms with Gasteiger partial charge in [0.1, 0.15) is 6.04 Å². The highest BCUT2D eigenvalue weighted by Crippen LogP contribution is 2.23. The lowest BCUT2D eigenvalue weighted by molar-refractivity contribution is -0.933. The summed E-state index contributed by atoms with van der Waals surface area (Å²) in [5.74, 6) is 1.02. The van der Waals surface area contributed by atoms with E-state index in [-0.39, 0.29) is 6.10 Å². The van der Waals surface area contributed by atoms with E-state index in [1.807, 2.05) is 4.68 Å². The highest BCUT2D eigenvalue weighted by atomic mass is 16.5. The molecule has 0 bridgehead atoms. The number of nitrogens with one attached hydrogen (secondary N) is 1. The quantitative estimate of drug-likeness (QED) is 0.813. The van der Waals surface area contributed by atoms with Gasteiger partial charge in [-0.15, -0.1) is 5.10 Å². The SMILES string of the molecule is CC[C@H](c1nnnn1C[C@@H]1CCCO1)[NH+]1CCN(c2cccc(C)c2C)CC1. The number of benzene rings is 1. The molecule has 1 aromatic heterocycles. The summed E-state index contributed by atoms with van der Waals surface area (Å²) in [7, 11) is 0. The van der Waals surface area contributed by atoms with Crippen molar-refractivity contribution in [2.75, 3.05) is 37.7 Å². The molecule has 0 radical (unpaired) electrons. The van der Waals surface area contributed by atoms with Crippen LogP contribution in [0.1, 0.15) is 49.2 Å². The average Bonchev–Trinajstić information content (AvgIpc) is 3.38. The van der Waals surface area contributed by atoms with Gasteiger partial charge in [0.2, 0.25) is 5.82 Å². The van der Waals surface area contributed by atoms with Crippen LogP contribution in [0.5, 0.6) is 0 Å². The van der Waals surface area contributed by atoms with E-state index in [0.29, 0.717) is 6.04 Å². The van der Waals surface area contributed by atoms with E-state index in [2.05, 4.69) is 59.4 Å². The lowest BCUT2D eigenvalue weighted by atomic mass is 10.1. The summed E-state index contributed by atoms with van der Waals surface area (Å²) in [6.07, 6.45) is 3.56. The van der Waals surface area contributed by atoms with Gasteiger partial charge in [0.15, 0.2) is 0 Å². The summed E-state index contributed by atoms with van der Waals surface area (Å²) in [6, 6.07) is 6.97. The second-order valence-corrected chi connectivity index (χ2v) is 8.18. The largest absolute Gasteiger partial charge is 0.376 e. The number of anilines is 1. The first-order valence-electron chi connectivity index (χ1n) is 10.7.